The van der Waals surface area contributed by atoms with Gasteiger partial charge in [-0.15, -0.1) is 0 Å². The molecule has 1 aliphatic carbocycles. The normalized spacial score (nSPS) is 15.1. The fraction of sp³-hybridized carbons (Fsp3) is 0.364. The fourth-order valence-corrected chi connectivity index (χ4v) is 6.69. The van der Waals surface area contributed by atoms with Crippen LogP contribution in [0.15, 0.2) is 47.4 Å². The van der Waals surface area contributed by atoms with Crippen LogP contribution in [0.5, 0.6) is 0 Å². The first-order valence-corrected chi connectivity index (χ1v) is 13.0. The predicted octanol–water partition coefficient (Wildman–Crippen LogP) is 4.80. The van der Waals surface area contributed by atoms with E-state index in [9.17, 15) is 23.3 Å². The Labute approximate surface area is 195 Å². The lowest BCUT2D eigenvalue weighted by Gasteiger charge is -2.32. The van der Waals surface area contributed by atoms with Crippen molar-refractivity contribution in [1.29, 1.82) is 0 Å². The minimum absolute atomic E-state index is 0.0200. The molecule has 9 nitrogen and oxygen atoms in total. The third-order valence-corrected chi connectivity index (χ3v) is 8.81. The van der Waals surface area contributed by atoms with Gasteiger partial charge < -0.3 is 0 Å². The number of hydrogen-bond acceptors (Lipinski definition) is 7. The number of non-ortho nitro benzene ring substituents is 1. The van der Waals surface area contributed by atoms with Crippen molar-refractivity contribution >= 4 is 48.3 Å². The number of carbonyl (C=O) groups is 1. The average molecular weight is 489 g/mol. The summed E-state index contributed by atoms with van der Waals surface area (Å²) in [6.07, 6.45) is 4.96. The summed E-state index contributed by atoms with van der Waals surface area (Å²) >= 11 is 1.20. The number of hydrogen-bond donors (Lipinski definition) is 1. The molecule has 1 fully saturated rings. The van der Waals surface area contributed by atoms with E-state index in [-0.39, 0.29) is 16.6 Å². The third kappa shape index (κ3) is 4.90. The molecule has 1 amide bonds. The number of carbonyl (C=O) groups excluding carboxylic acids is 1. The van der Waals surface area contributed by atoms with E-state index in [0.29, 0.717) is 27.5 Å². The molecule has 1 saturated carbocycles. The number of nitrogens with one attached hydrogen (secondary N) is 1. The van der Waals surface area contributed by atoms with E-state index in [2.05, 4.69) is 10.3 Å². The molecule has 174 valence electrons. The highest BCUT2D eigenvalue weighted by atomic mass is 32.2. The molecule has 0 saturated heterocycles. The van der Waals surface area contributed by atoms with Crippen LogP contribution >= 0.6 is 11.3 Å². The molecule has 1 aromatic heterocycles. The van der Waals surface area contributed by atoms with Gasteiger partial charge in [0.2, 0.25) is 10.0 Å². The number of sulfonamides is 1. The number of nitro groups is 1. The van der Waals surface area contributed by atoms with E-state index in [1.54, 1.807) is 10.4 Å². The Balaban J connectivity index is 1.50. The Hall–Kier alpha value is -2.89. The Bertz CT molecular complexity index is 1280. The van der Waals surface area contributed by atoms with Crippen molar-refractivity contribution in [3.63, 3.8) is 0 Å². The van der Waals surface area contributed by atoms with Crippen LogP contribution in [0.3, 0.4) is 0 Å². The Morgan fingerprint density at radius 3 is 2.52 bits per heavy atom. The van der Waals surface area contributed by atoms with Crippen molar-refractivity contribution in [3.05, 3.63) is 58.1 Å². The summed E-state index contributed by atoms with van der Waals surface area (Å²) in [7, 11) is -3.64. The van der Waals surface area contributed by atoms with Gasteiger partial charge in [-0.3, -0.25) is 20.2 Å². The molecule has 3 aromatic rings. The molecule has 1 N–H and O–H groups in total. The van der Waals surface area contributed by atoms with Gasteiger partial charge in [0.25, 0.3) is 11.6 Å². The molecule has 0 bridgehead atoms. The average Bonchev–Trinajstić information content (AvgIpc) is 3.21. The van der Waals surface area contributed by atoms with Gasteiger partial charge in [-0.05, 0) is 43.2 Å². The highest BCUT2D eigenvalue weighted by Gasteiger charge is 2.31. The second kappa shape index (κ2) is 9.54. The van der Waals surface area contributed by atoms with E-state index in [1.165, 1.54) is 47.7 Å². The summed E-state index contributed by atoms with van der Waals surface area (Å²) in [6.45, 7) is 2.26. The SMILES string of the molecule is CCN(C1CCCCC1)S(=O)(=O)c1ccc(C(=O)Nc2nc3cc([N+](=O)[O-])ccc3s2)cc1. The van der Waals surface area contributed by atoms with Crippen LogP contribution in [-0.4, -0.2) is 41.1 Å². The molecule has 11 heteroatoms. The van der Waals surface area contributed by atoms with Crippen LogP contribution in [0.25, 0.3) is 10.2 Å². The van der Waals surface area contributed by atoms with E-state index in [1.807, 2.05) is 6.92 Å². The molecule has 0 radical (unpaired) electrons. The Morgan fingerprint density at radius 1 is 1.18 bits per heavy atom. The van der Waals surface area contributed by atoms with Crippen molar-refractivity contribution in [1.82, 2.24) is 9.29 Å². The number of aromatic nitrogens is 1. The molecular weight excluding hydrogens is 464 g/mol. The molecule has 0 aliphatic heterocycles. The van der Waals surface area contributed by atoms with Crippen molar-refractivity contribution in [2.45, 2.75) is 50.0 Å². The molecule has 0 atom stereocenters. The standard InChI is InChI=1S/C22H24N4O5S2/c1-2-25(16-6-4-3-5-7-16)33(30,31)18-11-8-15(9-12-18)21(27)24-22-23-19-14-17(26(28)29)10-13-20(19)32-22/h8-14,16H,2-7H2,1H3,(H,23,24,27). The number of amides is 1. The first kappa shape index (κ1) is 23.3. The lowest BCUT2D eigenvalue weighted by molar-refractivity contribution is -0.384. The number of thiazole rings is 1. The number of fused-ring (bicyclic) bond motifs is 1. The van der Waals surface area contributed by atoms with Gasteiger partial charge in [0.05, 0.1) is 20.0 Å². The van der Waals surface area contributed by atoms with Crippen molar-refractivity contribution in [2.24, 2.45) is 0 Å². The molecule has 1 aliphatic rings. The second-order valence-electron chi connectivity index (χ2n) is 7.91. The quantitative estimate of drug-likeness (QED) is 0.376. The van der Waals surface area contributed by atoms with Crippen LogP contribution in [0.1, 0.15) is 49.4 Å². The Kier molecular flexibility index (Phi) is 6.73. The van der Waals surface area contributed by atoms with Gasteiger partial charge in [-0.2, -0.15) is 4.31 Å². The van der Waals surface area contributed by atoms with Crippen LogP contribution in [-0.2, 0) is 10.0 Å². The molecule has 2 aromatic carbocycles. The molecule has 0 spiro atoms. The van der Waals surface area contributed by atoms with Crippen LogP contribution in [0.2, 0.25) is 0 Å². The Morgan fingerprint density at radius 2 is 1.88 bits per heavy atom. The number of anilines is 1. The largest absolute Gasteiger partial charge is 0.298 e. The summed E-state index contributed by atoms with van der Waals surface area (Å²) in [5, 5.41) is 13.9. The number of nitro benzene ring substituents is 1. The number of benzene rings is 2. The maximum absolute atomic E-state index is 13.2. The zero-order chi connectivity index (χ0) is 23.6. The van der Waals surface area contributed by atoms with E-state index in [4.69, 9.17) is 0 Å². The first-order chi connectivity index (χ1) is 15.8. The zero-order valence-corrected chi connectivity index (χ0v) is 19.7. The topological polar surface area (TPSA) is 123 Å². The van der Waals surface area contributed by atoms with Crippen LogP contribution < -0.4 is 5.32 Å². The summed E-state index contributed by atoms with van der Waals surface area (Å²) < 4.78 is 28.6. The molecule has 4 rings (SSSR count). The van der Waals surface area contributed by atoms with Gasteiger partial charge in [-0.1, -0.05) is 37.5 Å². The van der Waals surface area contributed by atoms with Gasteiger partial charge in [0.1, 0.15) is 0 Å². The second-order valence-corrected chi connectivity index (χ2v) is 10.8. The maximum Gasteiger partial charge on any atom is 0.271 e. The van der Waals surface area contributed by atoms with Gasteiger partial charge in [0, 0.05) is 30.3 Å². The minimum Gasteiger partial charge on any atom is -0.298 e. The molecular formula is C22H24N4O5S2. The van der Waals surface area contributed by atoms with Crippen LogP contribution in [0.4, 0.5) is 10.8 Å². The number of rotatable bonds is 7. The van der Waals surface area contributed by atoms with Gasteiger partial charge in [0.15, 0.2) is 5.13 Å². The number of nitrogens with zero attached hydrogens (tertiary/aromatic N) is 3. The smallest absolute Gasteiger partial charge is 0.271 e. The monoisotopic (exact) mass is 488 g/mol. The highest BCUT2D eigenvalue weighted by Crippen LogP contribution is 2.30. The van der Waals surface area contributed by atoms with Crippen LogP contribution in [0, 0.1) is 10.1 Å². The maximum atomic E-state index is 13.2. The summed E-state index contributed by atoms with van der Waals surface area (Å²) in [5.74, 6) is -0.438. The van der Waals surface area contributed by atoms with Crippen molar-refractivity contribution in [3.8, 4) is 0 Å². The molecule has 33 heavy (non-hydrogen) atoms. The molecule has 0 unspecified atom stereocenters. The lowest BCUT2D eigenvalue weighted by Crippen LogP contribution is -2.41. The van der Waals surface area contributed by atoms with E-state index in [0.717, 1.165) is 32.1 Å². The predicted molar refractivity (Wildman–Crippen MR) is 127 cm³/mol. The third-order valence-electron chi connectivity index (χ3n) is 5.82. The summed E-state index contributed by atoms with van der Waals surface area (Å²) in [6, 6.07) is 10.2. The molecule has 1 heterocycles. The minimum atomic E-state index is -3.64. The summed E-state index contributed by atoms with van der Waals surface area (Å²) in [4.78, 5) is 27.5. The van der Waals surface area contributed by atoms with Gasteiger partial charge >= 0.3 is 0 Å². The van der Waals surface area contributed by atoms with Crippen molar-refractivity contribution in [2.75, 3.05) is 11.9 Å². The zero-order valence-electron chi connectivity index (χ0n) is 18.1. The first-order valence-electron chi connectivity index (χ1n) is 10.8. The fourth-order valence-electron chi connectivity index (χ4n) is 4.16. The van der Waals surface area contributed by atoms with Crippen molar-refractivity contribution < 1.29 is 18.1 Å². The van der Waals surface area contributed by atoms with Gasteiger partial charge in [-0.25, -0.2) is 13.4 Å². The van der Waals surface area contributed by atoms with E-state index < -0.39 is 20.9 Å². The lowest BCUT2D eigenvalue weighted by atomic mass is 9.95. The highest BCUT2D eigenvalue weighted by molar-refractivity contribution is 7.89. The summed E-state index contributed by atoms with van der Waals surface area (Å²) in [5.41, 5.74) is 0.644. The van der Waals surface area contributed by atoms with E-state index >= 15 is 0 Å².